The van der Waals surface area contributed by atoms with Gasteiger partial charge >= 0.3 is 0 Å². The number of nitrogens with zero attached hydrogens (tertiary/aromatic N) is 1. The van der Waals surface area contributed by atoms with Crippen molar-refractivity contribution in [1.82, 2.24) is 5.32 Å². The second kappa shape index (κ2) is 9.95. The maximum atomic E-state index is 12.8. The molecule has 34 heavy (non-hydrogen) atoms. The fourth-order valence-electron chi connectivity index (χ4n) is 3.63. The number of carbonyl (C=O) groups excluding carboxylic acids is 1. The van der Waals surface area contributed by atoms with E-state index in [0.717, 1.165) is 17.4 Å². The smallest absolute Gasteiger partial charge is 0.251 e. The number of anilines is 1. The van der Waals surface area contributed by atoms with Crippen molar-refractivity contribution in [2.45, 2.75) is 19.5 Å². The molecule has 3 aromatic carbocycles. The Kier molecular flexibility index (Phi) is 7.00. The normalized spacial score (nSPS) is 13.7. The molecule has 1 heterocycles. The average Bonchev–Trinajstić information content (AvgIpc) is 2.82. The molecule has 178 valence electrons. The number of ether oxygens (including phenoxy) is 2. The van der Waals surface area contributed by atoms with Gasteiger partial charge in [-0.15, -0.1) is 0 Å². The standard InChI is InChI=1S/C25H25ClN2O5S/c1-17(20-7-12-23-24(15-20)33-14-13-32-23)27-25(29)19-5-10-22(11-6-19)28(34(2,30)31)16-18-3-8-21(26)9-4-18/h3-12,15,17H,13-14,16H2,1-2H3,(H,27,29)/t17-/m1/s1. The van der Waals surface area contributed by atoms with Crippen LogP contribution in [-0.4, -0.2) is 33.8 Å². The fraction of sp³-hybridized carbons (Fsp3) is 0.240. The predicted molar refractivity (Wildman–Crippen MR) is 132 cm³/mol. The van der Waals surface area contributed by atoms with Crippen molar-refractivity contribution in [3.63, 3.8) is 0 Å². The fourth-order valence-corrected chi connectivity index (χ4v) is 4.64. The first-order valence-electron chi connectivity index (χ1n) is 10.7. The first-order chi connectivity index (χ1) is 16.2. The Balaban J connectivity index is 1.47. The molecule has 1 atom stereocenters. The maximum Gasteiger partial charge on any atom is 0.251 e. The lowest BCUT2D eigenvalue weighted by atomic mass is 10.1. The monoisotopic (exact) mass is 500 g/mol. The molecular weight excluding hydrogens is 476 g/mol. The molecule has 1 aliphatic rings. The number of hydrogen-bond acceptors (Lipinski definition) is 5. The van der Waals surface area contributed by atoms with Crippen LogP contribution in [-0.2, 0) is 16.6 Å². The van der Waals surface area contributed by atoms with E-state index in [1.54, 1.807) is 48.5 Å². The minimum atomic E-state index is -3.54. The number of rotatable bonds is 7. The van der Waals surface area contributed by atoms with Crippen LogP contribution in [0.1, 0.15) is 34.5 Å². The molecule has 1 amide bonds. The highest BCUT2D eigenvalue weighted by Crippen LogP contribution is 2.32. The molecule has 4 rings (SSSR count). The molecule has 0 fully saturated rings. The number of carbonyl (C=O) groups is 1. The van der Waals surface area contributed by atoms with E-state index in [1.165, 1.54) is 4.31 Å². The van der Waals surface area contributed by atoms with E-state index in [4.69, 9.17) is 21.1 Å². The van der Waals surface area contributed by atoms with Crippen molar-refractivity contribution in [2.75, 3.05) is 23.8 Å². The van der Waals surface area contributed by atoms with Crippen LogP contribution in [0.5, 0.6) is 11.5 Å². The lowest BCUT2D eigenvalue weighted by Gasteiger charge is -2.23. The number of sulfonamides is 1. The van der Waals surface area contributed by atoms with E-state index in [2.05, 4.69) is 5.32 Å². The number of halogens is 1. The first-order valence-corrected chi connectivity index (χ1v) is 13.0. The lowest BCUT2D eigenvalue weighted by Crippen LogP contribution is -2.29. The summed E-state index contributed by atoms with van der Waals surface area (Å²) in [6.45, 7) is 3.05. The van der Waals surface area contributed by atoms with Crippen molar-refractivity contribution >= 4 is 33.2 Å². The Morgan fingerprint density at radius 3 is 2.29 bits per heavy atom. The molecule has 0 aromatic heterocycles. The third kappa shape index (κ3) is 5.63. The van der Waals surface area contributed by atoms with Gasteiger partial charge in [0.25, 0.3) is 5.91 Å². The number of hydrogen-bond donors (Lipinski definition) is 1. The molecule has 0 unspecified atom stereocenters. The summed E-state index contributed by atoms with van der Waals surface area (Å²) in [7, 11) is -3.54. The molecule has 0 spiro atoms. The zero-order chi connectivity index (χ0) is 24.3. The molecular formula is C25H25ClN2O5S. The summed E-state index contributed by atoms with van der Waals surface area (Å²) in [4.78, 5) is 12.8. The zero-order valence-electron chi connectivity index (χ0n) is 18.8. The van der Waals surface area contributed by atoms with E-state index in [0.29, 0.717) is 41.0 Å². The predicted octanol–water partition coefficient (Wildman–Crippen LogP) is 4.57. The topological polar surface area (TPSA) is 84.9 Å². The van der Waals surface area contributed by atoms with Gasteiger partial charge in [0.2, 0.25) is 10.0 Å². The van der Waals surface area contributed by atoms with E-state index >= 15 is 0 Å². The van der Waals surface area contributed by atoms with Crippen molar-refractivity contribution in [1.29, 1.82) is 0 Å². The Hall–Kier alpha value is -3.23. The van der Waals surface area contributed by atoms with E-state index < -0.39 is 10.0 Å². The summed E-state index contributed by atoms with van der Waals surface area (Å²) in [6.07, 6.45) is 1.15. The molecule has 0 aliphatic carbocycles. The Morgan fingerprint density at radius 1 is 1.00 bits per heavy atom. The molecule has 0 bridgehead atoms. The zero-order valence-corrected chi connectivity index (χ0v) is 20.4. The highest BCUT2D eigenvalue weighted by Gasteiger charge is 2.20. The molecule has 0 saturated carbocycles. The minimum Gasteiger partial charge on any atom is -0.486 e. The molecule has 0 saturated heterocycles. The second-order valence-electron chi connectivity index (χ2n) is 8.04. The number of nitrogens with one attached hydrogen (secondary N) is 1. The third-order valence-corrected chi connectivity index (χ3v) is 6.86. The van der Waals surface area contributed by atoms with Crippen LogP contribution in [0.2, 0.25) is 5.02 Å². The van der Waals surface area contributed by atoms with Crippen LogP contribution in [0.15, 0.2) is 66.7 Å². The van der Waals surface area contributed by atoms with Gasteiger partial charge in [0.1, 0.15) is 13.2 Å². The van der Waals surface area contributed by atoms with Crippen LogP contribution < -0.4 is 19.1 Å². The van der Waals surface area contributed by atoms with Gasteiger partial charge in [0.05, 0.1) is 24.5 Å². The summed E-state index contributed by atoms with van der Waals surface area (Å²) >= 11 is 5.93. The first kappa shape index (κ1) is 23.9. The van der Waals surface area contributed by atoms with Crippen molar-refractivity contribution < 1.29 is 22.7 Å². The Bertz CT molecular complexity index is 1280. The lowest BCUT2D eigenvalue weighted by molar-refractivity contribution is 0.0939. The van der Waals surface area contributed by atoms with E-state index in [9.17, 15) is 13.2 Å². The quantitative estimate of drug-likeness (QED) is 0.513. The van der Waals surface area contributed by atoms with E-state index in [1.807, 2.05) is 25.1 Å². The van der Waals surface area contributed by atoms with Crippen molar-refractivity contribution in [3.05, 3.63) is 88.4 Å². The SMILES string of the molecule is C[C@@H](NC(=O)c1ccc(N(Cc2ccc(Cl)cc2)S(C)(=O)=O)cc1)c1ccc2c(c1)OCCO2. The van der Waals surface area contributed by atoms with Gasteiger partial charge in [-0.3, -0.25) is 9.10 Å². The van der Waals surface area contributed by atoms with Crippen LogP contribution in [0, 0.1) is 0 Å². The Labute approximate surface area is 204 Å². The number of amides is 1. The highest BCUT2D eigenvalue weighted by atomic mass is 35.5. The van der Waals surface area contributed by atoms with Crippen LogP contribution >= 0.6 is 11.6 Å². The van der Waals surface area contributed by atoms with Gasteiger partial charge in [-0.2, -0.15) is 0 Å². The molecule has 0 radical (unpaired) electrons. The maximum absolute atomic E-state index is 12.8. The van der Waals surface area contributed by atoms with Gasteiger partial charge in [-0.25, -0.2) is 8.42 Å². The van der Waals surface area contributed by atoms with Crippen LogP contribution in [0.3, 0.4) is 0 Å². The van der Waals surface area contributed by atoms with Crippen LogP contribution in [0.4, 0.5) is 5.69 Å². The van der Waals surface area contributed by atoms with Gasteiger partial charge < -0.3 is 14.8 Å². The van der Waals surface area contributed by atoms with Gasteiger partial charge in [0.15, 0.2) is 11.5 Å². The van der Waals surface area contributed by atoms with Crippen molar-refractivity contribution in [2.24, 2.45) is 0 Å². The molecule has 1 N–H and O–H groups in total. The largest absolute Gasteiger partial charge is 0.486 e. The molecule has 1 aliphatic heterocycles. The molecule has 7 nitrogen and oxygen atoms in total. The number of fused-ring (bicyclic) bond motifs is 1. The molecule has 9 heteroatoms. The molecule has 3 aromatic rings. The Morgan fingerprint density at radius 2 is 1.65 bits per heavy atom. The van der Waals surface area contributed by atoms with Crippen molar-refractivity contribution in [3.8, 4) is 11.5 Å². The second-order valence-corrected chi connectivity index (χ2v) is 10.4. The van der Waals surface area contributed by atoms with Gasteiger partial charge in [-0.05, 0) is 66.6 Å². The van der Waals surface area contributed by atoms with Gasteiger partial charge in [0, 0.05) is 10.6 Å². The van der Waals surface area contributed by atoms with Crippen LogP contribution in [0.25, 0.3) is 0 Å². The number of benzene rings is 3. The van der Waals surface area contributed by atoms with Gasteiger partial charge in [-0.1, -0.05) is 29.8 Å². The average molecular weight is 501 g/mol. The summed E-state index contributed by atoms with van der Waals surface area (Å²) in [5, 5.41) is 3.54. The summed E-state index contributed by atoms with van der Waals surface area (Å²) in [5.74, 6) is 1.09. The summed E-state index contributed by atoms with van der Waals surface area (Å²) in [5.41, 5.74) is 2.58. The third-order valence-electron chi connectivity index (χ3n) is 5.47. The summed E-state index contributed by atoms with van der Waals surface area (Å²) in [6, 6.07) is 18.8. The highest BCUT2D eigenvalue weighted by molar-refractivity contribution is 7.92. The van der Waals surface area contributed by atoms with E-state index in [-0.39, 0.29) is 18.5 Å². The minimum absolute atomic E-state index is 0.155. The summed E-state index contributed by atoms with van der Waals surface area (Å²) < 4.78 is 37.3.